The number of hydrogen-bond donors (Lipinski definition) is 4. The molecule has 2 aliphatic rings. The van der Waals surface area contributed by atoms with Crippen molar-refractivity contribution >= 4 is 27.6 Å². The first kappa shape index (κ1) is 20.6. The topological polar surface area (TPSA) is 112 Å². The van der Waals surface area contributed by atoms with Crippen LogP contribution in [0.1, 0.15) is 37.2 Å². The quantitative estimate of drug-likeness (QED) is 0.379. The molecule has 0 spiro atoms. The van der Waals surface area contributed by atoms with Gasteiger partial charge in [-0.3, -0.25) is 9.79 Å². The minimum atomic E-state index is -3.29. The summed E-state index contributed by atoms with van der Waals surface area (Å²) in [5.74, 6) is 1.05. The Labute approximate surface area is 166 Å². The third-order valence-corrected chi connectivity index (χ3v) is 6.67. The number of hydrogen-bond acceptors (Lipinski definition) is 4. The smallest absolute Gasteiger partial charge is 0.225 e. The molecule has 8 nitrogen and oxygen atoms in total. The molecule has 28 heavy (non-hydrogen) atoms. The molecule has 9 heteroatoms. The van der Waals surface area contributed by atoms with Crippen LogP contribution >= 0.6 is 0 Å². The van der Waals surface area contributed by atoms with Gasteiger partial charge in [-0.25, -0.2) is 13.1 Å². The van der Waals surface area contributed by atoms with E-state index in [-0.39, 0.29) is 24.1 Å². The Morgan fingerprint density at radius 3 is 2.71 bits per heavy atom. The minimum absolute atomic E-state index is 0.00271. The van der Waals surface area contributed by atoms with E-state index in [2.05, 4.69) is 25.7 Å². The molecule has 1 saturated carbocycles. The highest BCUT2D eigenvalue weighted by molar-refractivity contribution is 7.89. The summed E-state index contributed by atoms with van der Waals surface area (Å²) in [5, 5.41) is 9.12. The number of para-hydroxylation sites is 1. The lowest BCUT2D eigenvalue weighted by molar-refractivity contribution is -0.116. The van der Waals surface area contributed by atoms with E-state index in [0.29, 0.717) is 31.4 Å². The summed E-state index contributed by atoms with van der Waals surface area (Å²) in [6.45, 7) is 1.34. The van der Waals surface area contributed by atoms with Crippen LogP contribution < -0.4 is 20.7 Å². The Kier molecular flexibility index (Phi) is 6.90. The summed E-state index contributed by atoms with van der Waals surface area (Å²) in [7, 11) is -1.65. The van der Waals surface area contributed by atoms with Crippen molar-refractivity contribution in [1.82, 2.24) is 15.4 Å². The second-order valence-corrected chi connectivity index (χ2v) is 9.31. The van der Waals surface area contributed by atoms with Crippen molar-refractivity contribution in [3.8, 4) is 0 Å². The number of rotatable bonds is 8. The Morgan fingerprint density at radius 2 is 2.00 bits per heavy atom. The zero-order valence-electron chi connectivity index (χ0n) is 16.2. The molecule has 1 aliphatic heterocycles. The molecule has 0 saturated heterocycles. The summed E-state index contributed by atoms with van der Waals surface area (Å²) in [6.07, 6.45) is 3.82. The number of carbonyl (C=O) groups is 1. The van der Waals surface area contributed by atoms with Gasteiger partial charge in [0.1, 0.15) is 0 Å². The lowest BCUT2D eigenvalue weighted by Crippen LogP contribution is -2.43. The van der Waals surface area contributed by atoms with E-state index in [9.17, 15) is 13.2 Å². The van der Waals surface area contributed by atoms with Gasteiger partial charge in [0.05, 0.1) is 5.75 Å². The van der Waals surface area contributed by atoms with Gasteiger partial charge in [0.15, 0.2) is 5.96 Å². The number of carbonyl (C=O) groups excluding carboxylic acids is 1. The van der Waals surface area contributed by atoms with Crippen LogP contribution in [0.2, 0.25) is 0 Å². The van der Waals surface area contributed by atoms with Crippen molar-refractivity contribution in [2.24, 2.45) is 10.9 Å². The number of nitrogens with zero attached hydrogens (tertiary/aromatic N) is 1. The molecule has 0 bridgehead atoms. The van der Waals surface area contributed by atoms with Crippen LogP contribution in [0.15, 0.2) is 29.3 Å². The van der Waals surface area contributed by atoms with Gasteiger partial charge < -0.3 is 16.0 Å². The molecule has 4 N–H and O–H groups in total. The molecule has 1 unspecified atom stereocenters. The highest BCUT2D eigenvalue weighted by Gasteiger charge is 2.25. The van der Waals surface area contributed by atoms with E-state index in [4.69, 9.17) is 0 Å². The van der Waals surface area contributed by atoms with Crippen LogP contribution in [-0.4, -0.2) is 52.7 Å². The maximum absolute atomic E-state index is 12.1. The standard InChI is InChI=1S/C19H29N5O3S/c1-20-19(21-9-10-28(26,27)23-12-14-5-4-6-14)22-13-15-11-18(25)24-17-8-3-2-7-16(15)17/h2-3,7-8,14-15,23H,4-6,9-13H2,1H3,(H,24,25)(H2,20,21,22). The van der Waals surface area contributed by atoms with E-state index < -0.39 is 10.0 Å². The van der Waals surface area contributed by atoms with Gasteiger partial charge in [-0.15, -0.1) is 0 Å². The lowest BCUT2D eigenvalue weighted by Gasteiger charge is -2.26. The Balaban J connectivity index is 1.44. The second kappa shape index (κ2) is 9.38. The first-order chi connectivity index (χ1) is 13.5. The maximum Gasteiger partial charge on any atom is 0.225 e. The van der Waals surface area contributed by atoms with Gasteiger partial charge in [-0.2, -0.15) is 0 Å². The first-order valence-corrected chi connectivity index (χ1v) is 11.4. The molecule has 1 amide bonds. The highest BCUT2D eigenvalue weighted by Crippen LogP contribution is 2.31. The Hall–Kier alpha value is -2.13. The van der Waals surface area contributed by atoms with Crippen molar-refractivity contribution in [1.29, 1.82) is 0 Å². The fourth-order valence-corrected chi connectivity index (χ4v) is 4.45. The van der Waals surface area contributed by atoms with Crippen LogP contribution in [0.3, 0.4) is 0 Å². The summed E-state index contributed by atoms with van der Waals surface area (Å²) < 4.78 is 26.8. The molecule has 1 aromatic rings. The average Bonchev–Trinajstić information content (AvgIpc) is 2.62. The molecule has 1 heterocycles. The van der Waals surface area contributed by atoms with Gasteiger partial charge in [0.2, 0.25) is 15.9 Å². The van der Waals surface area contributed by atoms with Gasteiger partial charge in [-0.1, -0.05) is 24.6 Å². The number of benzene rings is 1. The van der Waals surface area contributed by atoms with E-state index in [1.54, 1.807) is 7.05 Å². The number of sulfonamides is 1. The zero-order valence-corrected chi connectivity index (χ0v) is 17.0. The van der Waals surface area contributed by atoms with Crippen molar-refractivity contribution in [2.45, 2.75) is 31.6 Å². The molecule has 1 fully saturated rings. The molecule has 0 aromatic heterocycles. The monoisotopic (exact) mass is 407 g/mol. The van der Waals surface area contributed by atoms with E-state index in [1.165, 1.54) is 6.42 Å². The normalized spacial score (nSPS) is 20.1. The molecular formula is C19H29N5O3S. The zero-order chi connectivity index (χ0) is 20.0. The fraction of sp³-hybridized carbons (Fsp3) is 0.579. The molecule has 1 aliphatic carbocycles. The molecule has 154 valence electrons. The van der Waals surface area contributed by atoms with Gasteiger partial charge in [0.25, 0.3) is 0 Å². The summed E-state index contributed by atoms with van der Waals surface area (Å²) >= 11 is 0. The molecular weight excluding hydrogens is 378 g/mol. The van der Waals surface area contributed by atoms with Crippen molar-refractivity contribution < 1.29 is 13.2 Å². The lowest BCUT2D eigenvalue weighted by atomic mass is 9.86. The largest absolute Gasteiger partial charge is 0.356 e. The van der Waals surface area contributed by atoms with Crippen molar-refractivity contribution in [3.05, 3.63) is 29.8 Å². The van der Waals surface area contributed by atoms with Crippen LogP contribution in [-0.2, 0) is 14.8 Å². The first-order valence-electron chi connectivity index (χ1n) is 9.77. The van der Waals surface area contributed by atoms with Crippen LogP contribution in [0.5, 0.6) is 0 Å². The average molecular weight is 408 g/mol. The molecule has 1 aromatic carbocycles. The molecule has 1 atom stereocenters. The Bertz CT molecular complexity index is 821. The van der Waals surface area contributed by atoms with Crippen molar-refractivity contribution in [3.63, 3.8) is 0 Å². The summed E-state index contributed by atoms with van der Waals surface area (Å²) in [6, 6.07) is 7.76. The van der Waals surface area contributed by atoms with Gasteiger partial charge >= 0.3 is 0 Å². The van der Waals surface area contributed by atoms with Crippen LogP contribution in [0, 0.1) is 5.92 Å². The SMILES string of the molecule is CN=C(NCCS(=O)(=O)NCC1CCC1)NCC1CC(=O)Nc2ccccc21. The summed E-state index contributed by atoms with van der Waals surface area (Å²) in [5.41, 5.74) is 1.94. The maximum atomic E-state index is 12.1. The number of fused-ring (bicyclic) bond motifs is 1. The third-order valence-electron chi connectivity index (χ3n) is 5.33. The molecule has 0 radical (unpaired) electrons. The second-order valence-electron chi connectivity index (χ2n) is 7.38. The van der Waals surface area contributed by atoms with Crippen LogP contribution in [0.4, 0.5) is 5.69 Å². The minimum Gasteiger partial charge on any atom is -0.356 e. The van der Waals surface area contributed by atoms with Gasteiger partial charge in [0, 0.05) is 44.7 Å². The summed E-state index contributed by atoms with van der Waals surface area (Å²) in [4.78, 5) is 16.1. The predicted octanol–water partition coefficient (Wildman–Crippen LogP) is 0.997. The third kappa shape index (κ3) is 5.68. The van der Waals surface area contributed by atoms with Gasteiger partial charge in [-0.05, 0) is 30.4 Å². The van der Waals surface area contributed by atoms with E-state index >= 15 is 0 Å². The number of aliphatic imine (C=N–C) groups is 1. The number of amides is 1. The fourth-order valence-electron chi connectivity index (χ4n) is 3.44. The molecule has 3 rings (SSSR count). The van der Waals surface area contributed by atoms with Crippen molar-refractivity contribution in [2.75, 3.05) is 37.8 Å². The van der Waals surface area contributed by atoms with E-state index in [1.807, 2.05) is 24.3 Å². The van der Waals surface area contributed by atoms with Crippen LogP contribution in [0.25, 0.3) is 0 Å². The highest BCUT2D eigenvalue weighted by atomic mass is 32.2. The van der Waals surface area contributed by atoms with E-state index in [0.717, 1.165) is 24.1 Å². The number of nitrogens with one attached hydrogen (secondary N) is 4. The predicted molar refractivity (Wildman–Crippen MR) is 111 cm³/mol. The number of anilines is 1. The Morgan fingerprint density at radius 1 is 1.21 bits per heavy atom. The number of guanidine groups is 1.